The van der Waals surface area contributed by atoms with Gasteiger partial charge in [-0.3, -0.25) is 9.35 Å². The maximum atomic E-state index is 11.8. The molecule has 0 aliphatic carbocycles. The zero-order chi connectivity index (χ0) is 38.5. The average molecular weight is 745 g/mol. The number of fused-ring (bicyclic) bond motifs is 6. The average Bonchev–Trinajstić information content (AvgIpc) is 3.50. The summed E-state index contributed by atoms with van der Waals surface area (Å²) in [4.78, 5) is 14.2. The van der Waals surface area contributed by atoms with Crippen LogP contribution in [0.15, 0.2) is 121 Å². The minimum absolute atomic E-state index is 0.0955. The number of hydrogen-bond donors (Lipinski definition) is 2. The van der Waals surface area contributed by atoms with Gasteiger partial charge in [-0.15, -0.1) is 0 Å². The number of rotatable bonds is 15. The lowest BCUT2D eigenvalue weighted by Crippen LogP contribution is -2.28. The molecule has 4 aromatic carbocycles. The molecule has 0 saturated heterocycles. The first-order valence-electron chi connectivity index (χ1n) is 19.2. The lowest BCUT2D eigenvalue weighted by Gasteiger charge is -2.27. The smallest absolute Gasteiger partial charge is 0.264 e. The molecule has 0 radical (unpaired) electrons. The molecule has 0 unspecified atom stereocenters. The maximum Gasteiger partial charge on any atom is 0.264 e. The fourth-order valence-corrected chi connectivity index (χ4v) is 9.02. The van der Waals surface area contributed by atoms with Gasteiger partial charge in [-0.05, 0) is 78.4 Å². The number of amides is 1. The molecule has 1 amide bonds. The number of allylic oxidation sites excluding steroid dienone is 8. The second kappa shape index (κ2) is 16.3. The van der Waals surface area contributed by atoms with E-state index in [0.29, 0.717) is 25.8 Å². The summed E-state index contributed by atoms with van der Waals surface area (Å²) in [5.41, 5.74) is 6.98. The molecule has 0 fully saturated rings. The van der Waals surface area contributed by atoms with Crippen molar-refractivity contribution in [1.29, 1.82) is 0 Å². The van der Waals surface area contributed by atoms with Crippen LogP contribution in [0.3, 0.4) is 0 Å². The molecule has 4 aromatic rings. The molecule has 282 valence electrons. The van der Waals surface area contributed by atoms with Gasteiger partial charge < -0.3 is 10.2 Å². The minimum Gasteiger partial charge on any atom is -0.359 e. The number of carbonyl (C=O) groups is 1. The quantitative estimate of drug-likeness (QED) is 0.0548. The van der Waals surface area contributed by atoms with Crippen LogP contribution in [0.2, 0.25) is 0 Å². The SMILES string of the molecule is CNC(=O)CCCCCN1/C(=C/C=C/C=C/C=C/C2=[N+](CCCCS(=O)(=O)O)c3ccc4ccccc4c3C2(C)C)C(C)(C)c2c1ccc1ccccc21. The van der Waals surface area contributed by atoms with E-state index in [9.17, 15) is 17.8 Å². The summed E-state index contributed by atoms with van der Waals surface area (Å²) in [6, 6.07) is 25.9. The molecule has 7 nitrogen and oxygen atoms in total. The van der Waals surface area contributed by atoms with Gasteiger partial charge in [0.15, 0.2) is 5.71 Å². The summed E-state index contributed by atoms with van der Waals surface area (Å²) < 4.78 is 34.4. The Bertz CT molecular complexity index is 2310. The lowest BCUT2D eigenvalue weighted by molar-refractivity contribution is -0.438. The van der Waals surface area contributed by atoms with Crippen molar-refractivity contribution in [1.82, 2.24) is 5.32 Å². The van der Waals surface area contributed by atoms with E-state index in [2.05, 4.69) is 158 Å². The number of hydrogen-bond acceptors (Lipinski definition) is 4. The molecule has 0 atom stereocenters. The Morgan fingerprint density at radius 3 is 2.11 bits per heavy atom. The number of unbranched alkanes of at least 4 members (excludes halogenated alkanes) is 3. The molecule has 2 heterocycles. The maximum absolute atomic E-state index is 11.8. The van der Waals surface area contributed by atoms with Gasteiger partial charge in [0.25, 0.3) is 10.1 Å². The summed E-state index contributed by atoms with van der Waals surface area (Å²) in [5.74, 6) is -0.139. The molecule has 2 aliphatic rings. The number of nitrogens with zero attached hydrogens (tertiary/aromatic N) is 2. The van der Waals surface area contributed by atoms with E-state index in [4.69, 9.17) is 0 Å². The fourth-order valence-electron chi connectivity index (χ4n) is 8.45. The molecule has 54 heavy (non-hydrogen) atoms. The van der Waals surface area contributed by atoms with Gasteiger partial charge in [-0.2, -0.15) is 13.0 Å². The van der Waals surface area contributed by atoms with Gasteiger partial charge in [-0.1, -0.05) is 105 Å². The monoisotopic (exact) mass is 744 g/mol. The summed E-state index contributed by atoms with van der Waals surface area (Å²) >= 11 is 0. The van der Waals surface area contributed by atoms with Crippen LogP contribution in [0, 0.1) is 0 Å². The van der Waals surface area contributed by atoms with Crippen molar-refractivity contribution >= 4 is 54.7 Å². The van der Waals surface area contributed by atoms with E-state index < -0.39 is 10.1 Å². The second-order valence-electron chi connectivity index (χ2n) is 15.5. The Morgan fingerprint density at radius 2 is 1.41 bits per heavy atom. The van der Waals surface area contributed by atoms with Crippen molar-refractivity contribution in [2.75, 3.05) is 30.8 Å². The van der Waals surface area contributed by atoms with E-state index in [0.717, 1.165) is 37.2 Å². The van der Waals surface area contributed by atoms with Crippen LogP contribution in [0.5, 0.6) is 0 Å². The Labute approximate surface area is 321 Å². The molecular weight excluding hydrogens is 691 g/mol. The van der Waals surface area contributed by atoms with Crippen LogP contribution in [0.25, 0.3) is 21.5 Å². The molecular formula is C46H54N3O4S+. The van der Waals surface area contributed by atoms with Gasteiger partial charge in [0.05, 0.1) is 11.2 Å². The largest absolute Gasteiger partial charge is 0.359 e. The summed E-state index contributed by atoms with van der Waals surface area (Å²) in [7, 11) is -2.30. The predicted molar refractivity (Wildman–Crippen MR) is 225 cm³/mol. The van der Waals surface area contributed by atoms with E-state index in [-0.39, 0.29) is 22.5 Å². The van der Waals surface area contributed by atoms with E-state index >= 15 is 0 Å². The van der Waals surface area contributed by atoms with E-state index in [1.54, 1.807) is 7.05 Å². The van der Waals surface area contributed by atoms with E-state index in [1.165, 1.54) is 44.1 Å². The van der Waals surface area contributed by atoms with Crippen molar-refractivity contribution in [3.8, 4) is 0 Å². The molecule has 0 bridgehead atoms. The third-order valence-electron chi connectivity index (χ3n) is 11.1. The zero-order valence-corrected chi connectivity index (χ0v) is 33.1. The number of nitrogens with one attached hydrogen (secondary N) is 1. The van der Waals surface area contributed by atoms with Crippen LogP contribution >= 0.6 is 0 Å². The molecule has 2 aliphatic heterocycles. The molecule has 0 spiro atoms. The lowest BCUT2D eigenvalue weighted by atomic mass is 9.79. The summed E-state index contributed by atoms with van der Waals surface area (Å²) in [6.07, 6.45) is 19.3. The number of benzene rings is 4. The molecule has 2 N–H and O–H groups in total. The van der Waals surface area contributed by atoms with Gasteiger partial charge in [0.1, 0.15) is 6.54 Å². The van der Waals surface area contributed by atoms with Crippen molar-refractivity contribution in [3.05, 3.63) is 132 Å². The van der Waals surface area contributed by atoms with Crippen molar-refractivity contribution < 1.29 is 22.3 Å². The highest BCUT2D eigenvalue weighted by Crippen LogP contribution is 2.51. The second-order valence-corrected chi connectivity index (χ2v) is 17.0. The Balaban J connectivity index is 1.23. The van der Waals surface area contributed by atoms with E-state index in [1.807, 2.05) is 0 Å². The van der Waals surface area contributed by atoms with Crippen molar-refractivity contribution in [2.45, 2.75) is 77.0 Å². The number of anilines is 1. The van der Waals surface area contributed by atoms with Crippen molar-refractivity contribution in [3.63, 3.8) is 0 Å². The first-order chi connectivity index (χ1) is 25.8. The van der Waals surface area contributed by atoms with Crippen LogP contribution < -0.4 is 10.2 Å². The number of carbonyl (C=O) groups excluding carboxylic acids is 1. The van der Waals surface area contributed by atoms with Gasteiger partial charge in [-0.25, -0.2) is 0 Å². The first-order valence-corrected chi connectivity index (χ1v) is 20.8. The highest BCUT2D eigenvalue weighted by atomic mass is 32.2. The standard InChI is InChI=1S/C46H53N3O4S/c1-45(2)40(48(31-17-9-12-26-42(50)47-5)38-29-27-34-20-13-15-22-36(34)43(38)45)24-10-7-6-8-11-25-41-46(3,4)44-37-23-16-14-21-35(37)28-30-39(44)49(41)32-18-19-33-54(51,52)53/h6-8,10-11,13-16,20-25,27-30H,9,12,17-19,26,31-33H2,1-5H3,(H-,47,50,51,52,53)/p+1. The summed E-state index contributed by atoms with van der Waals surface area (Å²) in [6.45, 7) is 10.7. The Morgan fingerprint density at radius 1 is 0.759 bits per heavy atom. The predicted octanol–water partition coefficient (Wildman–Crippen LogP) is 9.69. The minimum atomic E-state index is -3.99. The molecule has 0 aromatic heterocycles. The summed E-state index contributed by atoms with van der Waals surface area (Å²) in [5, 5.41) is 7.68. The van der Waals surface area contributed by atoms with Gasteiger partial charge >= 0.3 is 0 Å². The molecule has 8 heteroatoms. The highest BCUT2D eigenvalue weighted by molar-refractivity contribution is 7.85. The topological polar surface area (TPSA) is 89.7 Å². The highest BCUT2D eigenvalue weighted by Gasteiger charge is 2.45. The zero-order valence-electron chi connectivity index (χ0n) is 32.3. The van der Waals surface area contributed by atoms with Crippen LogP contribution in [-0.2, 0) is 25.7 Å². The van der Waals surface area contributed by atoms with Crippen LogP contribution in [-0.4, -0.2) is 55.1 Å². The fraction of sp³-hybridized carbons (Fsp3) is 0.348. The first kappa shape index (κ1) is 38.9. The van der Waals surface area contributed by atoms with Crippen LogP contribution in [0.1, 0.15) is 77.3 Å². The molecule has 6 rings (SSSR count). The normalized spacial score (nSPS) is 17.2. The van der Waals surface area contributed by atoms with Gasteiger partial charge in [0.2, 0.25) is 11.6 Å². The van der Waals surface area contributed by atoms with Crippen LogP contribution in [0.4, 0.5) is 11.4 Å². The molecule has 0 saturated carbocycles. The Kier molecular flexibility index (Phi) is 11.7. The third-order valence-corrected chi connectivity index (χ3v) is 11.9. The third kappa shape index (κ3) is 8.15. The van der Waals surface area contributed by atoms with Crippen molar-refractivity contribution in [2.24, 2.45) is 0 Å². The van der Waals surface area contributed by atoms with Gasteiger partial charge in [0, 0.05) is 60.9 Å². The Hall–Kier alpha value is -4.79.